The van der Waals surface area contributed by atoms with Crippen LogP contribution in [0.2, 0.25) is 0 Å². The third kappa shape index (κ3) is 2.74. The molecule has 2 aromatic carbocycles. The number of hydrogen-bond acceptors (Lipinski definition) is 3. The maximum Gasteiger partial charge on any atom is 0.0434 e. The van der Waals surface area contributed by atoms with Gasteiger partial charge in [0.1, 0.15) is 0 Å². The predicted molar refractivity (Wildman–Crippen MR) is 77.1 cm³/mol. The minimum Gasteiger partial charge on any atom is -0.398 e. The second-order valence-corrected chi connectivity index (χ2v) is 4.75. The lowest BCUT2D eigenvalue weighted by atomic mass is 10.1. The van der Waals surface area contributed by atoms with Crippen LogP contribution in [0.3, 0.4) is 0 Å². The number of anilines is 3. The molecule has 2 aromatic rings. The van der Waals surface area contributed by atoms with Crippen molar-refractivity contribution in [2.75, 3.05) is 17.3 Å². The fourth-order valence-electron chi connectivity index (χ4n) is 1.62. The van der Waals surface area contributed by atoms with E-state index in [4.69, 9.17) is 5.73 Å². The molecule has 0 saturated heterocycles. The molecule has 3 heteroatoms. The smallest absolute Gasteiger partial charge is 0.0434 e. The molecule has 2 nitrogen and oxygen atoms in total. The molecule has 0 aliphatic rings. The number of nitrogens with two attached hydrogens (primary N) is 1. The Morgan fingerprint density at radius 2 is 1.76 bits per heavy atom. The molecule has 88 valence electrons. The average molecular weight is 244 g/mol. The van der Waals surface area contributed by atoms with Gasteiger partial charge < -0.3 is 11.1 Å². The van der Waals surface area contributed by atoms with Crippen LogP contribution >= 0.6 is 11.8 Å². The Hall–Kier alpha value is -1.61. The van der Waals surface area contributed by atoms with Gasteiger partial charge in [0.2, 0.25) is 0 Å². The Morgan fingerprint density at radius 1 is 1.06 bits per heavy atom. The summed E-state index contributed by atoms with van der Waals surface area (Å²) in [6.07, 6.45) is 2.07. The van der Waals surface area contributed by atoms with Crippen LogP contribution in [-0.2, 0) is 0 Å². The lowest BCUT2D eigenvalue weighted by Gasteiger charge is -2.11. The van der Waals surface area contributed by atoms with Gasteiger partial charge in [0.25, 0.3) is 0 Å². The van der Waals surface area contributed by atoms with Crippen LogP contribution in [0.25, 0.3) is 0 Å². The molecule has 0 saturated carbocycles. The number of nitrogen functional groups attached to an aromatic ring is 1. The third-order valence-corrected chi connectivity index (χ3v) is 3.49. The monoisotopic (exact) mass is 244 g/mol. The highest BCUT2D eigenvalue weighted by Crippen LogP contribution is 2.25. The van der Waals surface area contributed by atoms with Crippen molar-refractivity contribution in [1.82, 2.24) is 0 Å². The van der Waals surface area contributed by atoms with Gasteiger partial charge in [0.05, 0.1) is 0 Å². The zero-order valence-electron chi connectivity index (χ0n) is 10.0. The van der Waals surface area contributed by atoms with E-state index in [0.29, 0.717) is 0 Å². The van der Waals surface area contributed by atoms with E-state index in [1.165, 1.54) is 4.90 Å². The van der Waals surface area contributed by atoms with Gasteiger partial charge in [-0.05, 0) is 55.1 Å². The molecule has 0 atom stereocenters. The van der Waals surface area contributed by atoms with Gasteiger partial charge in [-0.2, -0.15) is 0 Å². The Morgan fingerprint density at radius 3 is 2.41 bits per heavy atom. The van der Waals surface area contributed by atoms with Gasteiger partial charge >= 0.3 is 0 Å². The number of benzene rings is 2. The van der Waals surface area contributed by atoms with Gasteiger partial charge in [0, 0.05) is 22.0 Å². The normalized spacial score (nSPS) is 10.2. The summed E-state index contributed by atoms with van der Waals surface area (Å²) in [5.41, 5.74) is 9.91. The summed E-state index contributed by atoms with van der Waals surface area (Å²) in [7, 11) is 0. The van der Waals surface area contributed by atoms with E-state index >= 15 is 0 Å². The molecule has 0 heterocycles. The standard InChI is InChI=1S/C14H16N2S/c1-10-13(15)4-3-5-14(10)16-11-6-8-12(17-2)9-7-11/h3-9,16H,15H2,1-2H3. The molecule has 0 amide bonds. The maximum absolute atomic E-state index is 5.88. The van der Waals surface area contributed by atoms with Gasteiger partial charge in [-0.25, -0.2) is 0 Å². The van der Waals surface area contributed by atoms with E-state index in [9.17, 15) is 0 Å². The summed E-state index contributed by atoms with van der Waals surface area (Å²) < 4.78 is 0. The maximum atomic E-state index is 5.88. The summed E-state index contributed by atoms with van der Waals surface area (Å²) in [6, 6.07) is 14.3. The molecule has 0 bridgehead atoms. The molecule has 2 rings (SSSR count). The number of hydrogen-bond donors (Lipinski definition) is 2. The number of thioether (sulfide) groups is 1. The molecule has 0 radical (unpaired) electrons. The highest BCUT2D eigenvalue weighted by molar-refractivity contribution is 7.98. The summed E-state index contributed by atoms with van der Waals surface area (Å²) in [6.45, 7) is 2.02. The van der Waals surface area contributed by atoms with Crippen LogP contribution in [0.1, 0.15) is 5.56 Å². The first-order chi connectivity index (χ1) is 8.20. The third-order valence-electron chi connectivity index (χ3n) is 2.74. The number of nitrogens with one attached hydrogen (secondary N) is 1. The molecule has 0 spiro atoms. The summed E-state index contributed by atoms with van der Waals surface area (Å²) in [5.74, 6) is 0. The highest BCUT2D eigenvalue weighted by atomic mass is 32.2. The molecule has 0 aliphatic carbocycles. The van der Waals surface area contributed by atoms with Crippen molar-refractivity contribution < 1.29 is 0 Å². The van der Waals surface area contributed by atoms with Gasteiger partial charge in [-0.3, -0.25) is 0 Å². The molecular formula is C14H16N2S. The number of rotatable bonds is 3. The lowest BCUT2D eigenvalue weighted by Crippen LogP contribution is -1.96. The van der Waals surface area contributed by atoms with E-state index in [1.54, 1.807) is 11.8 Å². The van der Waals surface area contributed by atoms with Gasteiger partial charge in [-0.1, -0.05) is 6.07 Å². The molecular weight excluding hydrogens is 228 g/mol. The topological polar surface area (TPSA) is 38.0 Å². The van der Waals surface area contributed by atoms with Crippen LogP contribution in [0.5, 0.6) is 0 Å². The van der Waals surface area contributed by atoms with Crippen LogP contribution in [-0.4, -0.2) is 6.26 Å². The minimum absolute atomic E-state index is 0.815. The summed E-state index contributed by atoms with van der Waals surface area (Å²) in [5, 5.41) is 3.38. The second-order valence-electron chi connectivity index (χ2n) is 3.87. The van der Waals surface area contributed by atoms with E-state index in [-0.39, 0.29) is 0 Å². The zero-order chi connectivity index (χ0) is 12.3. The Labute approximate surface area is 106 Å². The fraction of sp³-hybridized carbons (Fsp3) is 0.143. The first-order valence-corrected chi connectivity index (χ1v) is 6.69. The molecule has 17 heavy (non-hydrogen) atoms. The van der Waals surface area contributed by atoms with Crippen molar-refractivity contribution in [3.63, 3.8) is 0 Å². The van der Waals surface area contributed by atoms with Crippen molar-refractivity contribution in [1.29, 1.82) is 0 Å². The van der Waals surface area contributed by atoms with Crippen LogP contribution in [0.15, 0.2) is 47.4 Å². The van der Waals surface area contributed by atoms with Crippen LogP contribution in [0.4, 0.5) is 17.1 Å². The molecule has 0 fully saturated rings. The van der Waals surface area contributed by atoms with E-state index in [0.717, 1.165) is 22.6 Å². The Balaban J connectivity index is 2.22. The zero-order valence-corrected chi connectivity index (χ0v) is 10.8. The first-order valence-electron chi connectivity index (χ1n) is 5.47. The molecule has 0 aliphatic heterocycles. The molecule has 3 N–H and O–H groups in total. The van der Waals surface area contributed by atoms with E-state index < -0.39 is 0 Å². The van der Waals surface area contributed by atoms with E-state index in [1.807, 2.05) is 25.1 Å². The lowest BCUT2D eigenvalue weighted by molar-refractivity contribution is 1.41. The van der Waals surface area contributed by atoms with Crippen molar-refractivity contribution in [2.24, 2.45) is 0 Å². The fourth-order valence-corrected chi connectivity index (χ4v) is 2.03. The Kier molecular flexibility index (Phi) is 3.59. The highest BCUT2D eigenvalue weighted by Gasteiger charge is 2.01. The minimum atomic E-state index is 0.815. The first kappa shape index (κ1) is 11.9. The predicted octanol–water partition coefficient (Wildman–Crippen LogP) is 4.04. The van der Waals surface area contributed by atoms with Crippen molar-refractivity contribution in [3.8, 4) is 0 Å². The quantitative estimate of drug-likeness (QED) is 0.632. The average Bonchev–Trinajstić information content (AvgIpc) is 2.36. The largest absolute Gasteiger partial charge is 0.398 e. The van der Waals surface area contributed by atoms with Crippen molar-refractivity contribution >= 4 is 28.8 Å². The van der Waals surface area contributed by atoms with E-state index in [2.05, 4.69) is 35.8 Å². The Bertz CT molecular complexity index is 506. The molecule has 0 aromatic heterocycles. The second kappa shape index (κ2) is 5.15. The van der Waals surface area contributed by atoms with Crippen molar-refractivity contribution in [3.05, 3.63) is 48.0 Å². The summed E-state index contributed by atoms with van der Waals surface area (Å²) >= 11 is 1.74. The van der Waals surface area contributed by atoms with Gasteiger partial charge in [-0.15, -0.1) is 11.8 Å². The van der Waals surface area contributed by atoms with Crippen LogP contribution < -0.4 is 11.1 Å². The molecule has 0 unspecified atom stereocenters. The summed E-state index contributed by atoms with van der Waals surface area (Å²) in [4.78, 5) is 1.26. The van der Waals surface area contributed by atoms with Crippen LogP contribution in [0, 0.1) is 6.92 Å². The van der Waals surface area contributed by atoms with Gasteiger partial charge in [0.15, 0.2) is 0 Å². The SMILES string of the molecule is CSc1ccc(Nc2cccc(N)c2C)cc1. The van der Waals surface area contributed by atoms with Crippen molar-refractivity contribution in [2.45, 2.75) is 11.8 Å².